The van der Waals surface area contributed by atoms with Gasteiger partial charge in [-0.25, -0.2) is 9.59 Å². The number of hydrogen-bond acceptors (Lipinski definition) is 6. The van der Waals surface area contributed by atoms with Crippen LogP contribution < -0.4 is 10.4 Å². The number of benzene rings is 2. The van der Waals surface area contributed by atoms with Crippen molar-refractivity contribution >= 4 is 22.7 Å². The number of Topliss-reactive ketones (excluding diaryl/α,β-unsaturated/α-hetero) is 1. The van der Waals surface area contributed by atoms with Crippen LogP contribution >= 0.6 is 0 Å². The zero-order valence-electron chi connectivity index (χ0n) is 13.4. The van der Waals surface area contributed by atoms with Crippen LogP contribution in [0, 0.1) is 0 Å². The maximum absolute atomic E-state index is 12.1. The number of carbonyl (C=O) groups is 2. The van der Waals surface area contributed by atoms with Crippen molar-refractivity contribution in [1.29, 1.82) is 0 Å². The molecule has 3 aromatic rings. The van der Waals surface area contributed by atoms with E-state index in [4.69, 9.17) is 13.9 Å². The molecule has 0 bridgehead atoms. The minimum absolute atomic E-state index is 0.249. The van der Waals surface area contributed by atoms with E-state index in [-0.39, 0.29) is 11.3 Å². The van der Waals surface area contributed by atoms with Crippen LogP contribution in [0.15, 0.2) is 63.8 Å². The fourth-order valence-corrected chi connectivity index (χ4v) is 2.27. The number of ether oxygens (including phenoxy) is 2. The topological polar surface area (TPSA) is 82.8 Å². The predicted octanol–water partition coefficient (Wildman–Crippen LogP) is 2.84. The van der Waals surface area contributed by atoms with E-state index in [0.29, 0.717) is 22.3 Å². The second-order valence-electron chi connectivity index (χ2n) is 5.21. The molecule has 0 saturated heterocycles. The summed E-state index contributed by atoms with van der Waals surface area (Å²) < 4.78 is 15.0. The number of methoxy groups -OCH3 is 1. The van der Waals surface area contributed by atoms with Crippen molar-refractivity contribution in [3.8, 4) is 5.75 Å². The average molecular weight is 338 g/mol. The maximum atomic E-state index is 12.1. The quantitative estimate of drug-likeness (QED) is 0.404. The lowest BCUT2D eigenvalue weighted by Crippen LogP contribution is -2.20. The van der Waals surface area contributed by atoms with Crippen LogP contribution in [0.5, 0.6) is 5.75 Å². The van der Waals surface area contributed by atoms with Gasteiger partial charge in [0.15, 0.2) is 12.4 Å². The molecule has 0 aliphatic rings. The van der Waals surface area contributed by atoms with Gasteiger partial charge in [0.1, 0.15) is 16.9 Å². The number of ketones is 1. The fourth-order valence-electron chi connectivity index (χ4n) is 2.27. The molecule has 0 saturated carbocycles. The lowest BCUT2D eigenvalue weighted by molar-refractivity contribution is 0.0470. The average Bonchev–Trinajstić information content (AvgIpc) is 2.65. The van der Waals surface area contributed by atoms with Crippen molar-refractivity contribution in [3.05, 3.63) is 76.1 Å². The number of esters is 1. The van der Waals surface area contributed by atoms with Gasteiger partial charge in [0.2, 0.25) is 0 Å². The van der Waals surface area contributed by atoms with Crippen molar-refractivity contribution in [3.63, 3.8) is 0 Å². The molecule has 0 amide bonds. The summed E-state index contributed by atoms with van der Waals surface area (Å²) in [4.78, 5) is 36.0. The lowest BCUT2D eigenvalue weighted by atomic mass is 10.1. The summed E-state index contributed by atoms with van der Waals surface area (Å²) >= 11 is 0. The highest BCUT2D eigenvalue weighted by molar-refractivity contribution is 5.99. The Morgan fingerprint density at radius 1 is 1.04 bits per heavy atom. The molecule has 0 unspecified atom stereocenters. The first-order valence-electron chi connectivity index (χ1n) is 7.46. The second-order valence-corrected chi connectivity index (χ2v) is 5.21. The molecule has 3 rings (SSSR count). The third-order valence-electron chi connectivity index (χ3n) is 3.61. The van der Waals surface area contributed by atoms with Crippen LogP contribution in [0.4, 0.5) is 0 Å². The van der Waals surface area contributed by atoms with Crippen molar-refractivity contribution in [1.82, 2.24) is 0 Å². The minimum Gasteiger partial charge on any atom is -0.497 e. The van der Waals surface area contributed by atoms with Crippen LogP contribution in [0.3, 0.4) is 0 Å². The highest BCUT2D eigenvalue weighted by Crippen LogP contribution is 2.14. The van der Waals surface area contributed by atoms with Gasteiger partial charge in [0.05, 0.1) is 7.11 Å². The van der Waals surface area contributed by atoms with Crippen LogP contribution in [0.25, 0.3) is 11.0 Å². The molecule has 1 aromatic heterocycles. The van der Waals surface area contributed by atoms with Gasteiger partial charge in [0, 0.05) is 10.9 Å². The first-order chi connectivity index (χ1) is 12.1. The summed E-state index contributed by atoms with van der Waals surface area (Å²) in [6.07, 6.45) is 0. The molecule has 0 fully saturated rings. The zero-order chi connectivity index (χ0) is 17.8. The highest BCUT2D eigenvalue weighted by atomic mass is 16.5. The summed E-state index contributed by atoms with van der Waals surface area (Å²) in [6.45, 7) is -0.475. The van der Waals surface area contributed by atoms with Crippen LogP contribution in [-0.2, 0) is 4.74 Å². The predicted molar refractivity (Wildman–Crippen MR) is 90.1 cm³/mol. The third kappa shape index (κ3) is 3.58. The van der Waals surface area contributed by atoms with E-state index in [2.05, 4.69) is 0 Å². The molecule has 6 nitrogen and oxygen atoms in total. The largest absolute Gasteiger partial charge is 0.497 e. The monoisotopic (exact) mass is 338 g/mol. The number of para-hydroxylation sites is 1. The second kappa shape index (κ2) is 7.00. The summed E-state index contributed by atoms with van der Waals surface area (Å²) in [5.41, 5.74) is -0.306. The number of hydrogen-bond donors (Lipinski definition) is 0. The Morgan fingerprint density at radius 3 is 2.48 bits per heavy atom. The Balaban J connectivity index is 1.72. The SMILES string of the molecule is COc1ccc(C(=O)COC(=O)c2cc3ccccc3oc2=O)cc1. The number of rotatable bonds is 5. The fraction of sp³-hybridized carbons (Fsp3) is 0.105. The van der Waals surface area contributed by atoms with Gasteiger partial charge in [0.25, 0.3) is 0 Å². The number of fused-ring (bicyclic) bond motifs is 1. The molecule has 2 aromatic carbocycles. The summed E-state index contributed by atoms with van der Waals surface area (Å²) in [7, 11) is 1.52. The summed E-state index contributed by atoms with van der Waals surface area (Å²) in [5, 5.41) is 0.593. The molecule has 0 aliphatic heterocycles. The van der Waals surface area contributed by atoms with Gasteiger partial charge in [-0.05, 0) is 36.4 Å². The zero-order valence-corrected chi connectivity index (χ0v) is 13.4. The molecule has 0 N–H and O–H groups in total. The minimum atomic E-state index is -0.902. The molecule has 126 valence electrons. The molecule has 0 aliphatic carbocycles. The third-order valence-corrected chi connectivity index (χ3v) is 3.61. The van der Waals surface area contributed by atoms with Crippen LogP contribution in [0.1, 0.15) is 20.7 Å². The van der Waals surface area contributed by atoms with Crippen molar-refractivity contribution in [2.45, 2.75) is 0 Å². The first-order valence-corrected chi connectivity index (χ1v) is 7.46. The van der Waals surface area contributed by atoms with E-state index in [1.807, 2.05) is 0 Å². The molecule has 6 heteroatoms. The maximum Gasteiger partial charge on any atom is 0.351 e. The molecular formula is C19H14O6. The van der Waals surface area contributed by atoms with Gasteiger partial charge in [-0.3, -0.25) is 4.79 Å². The van der Waals surface area contributed by atoms with E-state index < -0.39 is 18.2 Å². The van der Waals surface area contributed by atoms with Gasteiger partial charge < -0.3 is 13.9 Å². The molecule has 25 heavy (non-hydrogen) atoms. The Kier molecular flexibility index (Phi) is 4.61. The van der Waals surface area contributed by atoms with Crippen molar-refractivity contribution < 1.29 is 23.5 Å². The Hall–Kier alpha value is -3.41. The van der Waals surface area contributed by atoms with Crippen LogP contribution in [0.2, 0.25) is 0 Å². The van der Waals surface area contributed by atoms with Crippen molar-refractivity contribution in [2.24, 2.45) is 0 Å². The van der Waals surface area contributed by atoms with E-state index >= 15 is 0 Å². The molecule has 0 spiro atoms. The Morgan fingerprint density at radius 2 is 1.76 bits per heavy atom. The highest BCUT2D eigenvalue weighted by Gasteiger charge is 2.17. The molecule has 0 atom stereocenters. The first kappa shape index (κ1) is 16.4. The standard InChI is InChI=1S/C19H14O6/c1-23-14-8-6-12(7-9-14)16(20)11-24-18(21)15-10-13-4-2-3-5-17(13)25-19(15)22/h2-10H,11H2,1H3. The van der Waals surface area contributed by atoms with Gasteiger partial charge in [-0.1, -0.05) is 18.2 Å². The van der Waals surface area contributed by atoms with E-state index in [1.165, 1.54) is 13.2 Å². The Bertz CT molecular complexity index is 985. The molecule has 0 radical (unpaired) electrons. The van der Waals surface area contributed by atoms with Crippen molar-refractivity contribution in [2.75, 3.05) is 13.7 Å². The summed E-state index contributed by atoms with van der Waals surface area (Å²) in [5.74, 6) is -0.676. The van der Waals surface area contributed by atoms with E-state index in [9.17, 15) is 14.4 Å². The Labute approximate surface area is 142 Å². The smallest absolute Gasteiger partial charge is 0.351 e. The lowest BCUT2D eigenvalue weighted by Gasteiger charge is -2.05. The van der Waals surface area contributed by atoms with Gasteiger partial charge in [-0.2, -0.15) is 0 Å². The van der Waals surface area contributed by atoms with Gasteiger partial charge >= 0.3 is 11.6 Å². The van der Waals surface area contributed by atoms with Gasteiger partial charge in [-0.15, -0.1) is 0 Å². The van der Waals surface area contributed by atoms with Crippen LogP contribution in [-0.4, -0.2) is 25.5 Å². The number of carbonyl (C=O) groups excluding carboxylic acids is 2. The summed E-state index contributed by atoms with van der Waals surface area (Å²) in [6, 6.07) is 14.6. The van der Waals surface area contributed by atoms with E-state index in [0.717, 1.165) is 0 Å². The molecular weight excluding hydrogens is 324 g/mol. The van der Waals surface area contributed by atoms with E-state index in [1.54, 1.807) is 48.5 Å². The normalized spacial score (nSPS) is 10.4. The molecule has 1 heterocycles.